The monoisotopic (exact) mass is 483 g/mol. The molecule has 6 rings (SSSR count). The fraction of sp³-hybridized carbons (Fsp3) is 0.286. The quantitative estimate of drug-likeness (QED) is 0.388. The maximum atomic E-state index is 13.0. The Labute approximate surface area is 209 Å². The van der Waals surface area contributed by atoms with Crippen molar-refractivity contribution in [1.82, 2.24) is 25.1 Å². The molecule has 2 aliphatic heterocycles. The van der Waals surface area contributed by atoms with E-state index < -0.39 is 0 Å². The Bertz CT molecular complexity index is 1400. The number of carbonyl (C=O) groups excluding carboxylic acids is 1. The summed E-state index contributed by atoms with van der Waals surface area (Å²) in [4.78, 5) is 25.6. The Morgan fingerprint density at radius 2 is 1.89 bits per heavy atom. The van der Waals surface area contributed by atoms with Crippen LogP contribution in [0.15, 0.2) is 66.2 Å². The van der Waals surface area contributed by atoms with Crippen molar-refractivity contribution in [3.63, 3.8) is 0 Å². The number of nitrogens with zero attached hydrogens (tertiary/aromatic N) is 3. The highest BCUT2D eigenvalue weighted by molar-refractivity contribution is 8.03. The maximum absolute atomic E-state index is 13.0. The number of ketones is 1. The number of hydrogen-bond acceptors (Lipinski definition) is 6. The van der Waals surface area contributed by atoms with Crippen molar-refractivity contribution in [2.24, 2.45) is 0 Å². The maximum Gasteiger partial charge on any atom is 0.165 e. The van der Waals surface area contributed by atoms with E-state index in [-0.39, 0.29) is 11.2 Å². The third-order valence-corrected chi connectivity index (χ3v) is 7.98. The summed E-state index contributed by atoms with van der Waals surface area (Å²) in [5, 5.41) is 8.01. The number of likely N-dealkylation sites (N-methyl/N-ethyl adjacent to an activating group) is 1. The molecule has 0 amide bonds. The van der Waals surface area contributed by atoms with Crippen LogP contribution in [-0.4, -0.2) is 64.2 Å². The number of rotatable bonds is 6. The van der Waals surface area contributed by atoms with Crippen LogP contribution < -0.4 is 5.32 Å². The van der Waals surface area contributed by atoms with E-state index in [9.17, 15) is 4.79 Å². The van der Waals surface area contributed by atoms with Gasteiger partial charge in [0.25, 0.3) is 0 Å². The van der Waals surface area contributed by atoms with Crippen molar-refractivity contribution < 1.29 is 4.79 Å². The van der Waals surface area contributed by atoms with Crippen molar-refractivity contribution in [2.75, 3.05) is 33.2 Å². The molecule has 2 aromatic carbocycles. The van der Waals surface area contributed by atoms with Gasteiger partial charge in [0.05, 0.1) is 5.37 Å². The van der Waals surface area contributed by atoms with Crippen LogP contribution in [0.5, 0.6) is 0 Å². The van der Waals surface area contributed by atoms with Crippen LogP contribution in [0, 0.1) is 0 Å². The molecule has 0 aliphatic carbocycles. The van der Waals surface area contributed by atoms with Gasteiger partial charge in [-0.15, -0.1) is 11.8 Å². The summed E-state index contributed by atoms with van der Waals surface area (Å²) in [7, 11) is 2.17. The molecule has 2 aromatic heterocycles. The Morgan fingerprint density at radius 1 is 1.06 bits per heavy atom. The van der Waals surface area contributed by atoms with Crippen molar-refractivity contribution in [2.45, 2.75) is 18.3 Å². The average molecular weight is 484 g/mol. The first-order chi connectivity index (χ1) is 17.1. The van der Waals surface area contributed by atoms with Gasteiger partial charge in [0.1, 0.15) is 5.65 Å². The van der Waals surface area contributed by atoms with Gasteiger partial charge in [-0.3, -0.25) is 9.69 Å². The molecule has 1 saturated heterocycles. The molecule has 0 saturated carbocycles. The largest absolute Gasteiger partial charge is 0.372 e. The number of aromatic nitrogens is 2. The number of thioether (sulfide) groups is 1. The summed E-state index contributed by atoms with van der Waals surface area (Å²) in [5.74, 6) is 0.175. The van der Waals surface area contributed by atoms with E-state index in [4.69, 9.17) is 0 Å². The molecule has 178 valence electrons. The van der Waals surface area contributed by atoms with Crippen LogP contribution in [0.3, 0.4) is 0 Å². The average Bonchev–Trinajstić information content (AvgIpc) is 3.50. The predicted molar refractivity (Wildman–Crippen MR) is 144 cm³/mol. The number of benzene rings is 2. The lowest BCUT2D eigenvalue weighted by atomic mass is 10.0. The van der Waals surface area contributed by atoms with Gasteiger partial charge in [0.15, 0.2) is 5.78 Å². The zero-order valence-corrected chi connectivity index (χ0v) is 20.6. The van der Waals surface area contributed by atoms with Crippen molar-refractivity contribution in [3.05, 3.63) is 82.9 Å². The lowest BCUT2D eigenvalue weighted by molar-refractivity contribution is 0.0981. The molecule has 1 atom stereocenters. The minimum Gasteiger partial charge on any atom is -0.372 e. The minimum absolute atomic E-state index is 0.0443. The molecule has 2 aliphatic rings. The number of fused-ring (bicyclic) bond motifs is 3. The summed E-state index contributed by atoms with van der Waals surface area (Å²) >= 11 is 1.68. The number of hydrogen-bond donors (Lipinski definition) is 2. The molecule has 7 heteroatoms. The van der Waals surface area contributed by atoms with E-state index in [0.29, 0.717) is 6.42 Å². The van der Waals surface area contributed by atoms with Crippen LogP contribution >= 0.6 is 11.8 Å². The molecule has 4 aromatic rings. The van der Waals surface area contributed by atoms with E-state index in [0.717, 1.165) is 71.5 Å². The second kappa shape index (κ2) is 9.49. The van der Waals surface area contributed by atoms with Gasteiger partial charge < -0.3 is 15.2 Å². The van der Waals surface area contributed by atoms with Gasteiger partial charge in [-0.05, 0) is 47.8 Å². The molecule has 4 heterocycles. The van der Waals surface area contributed by atoms with Crippen LogP contribution in [0.25, 0.3) is 27.6 Å². The fourth-order valence-electron chi connectivity index (χ4n) is 4.88. The smallest absolute Gasteiger partial charge is 0.165 e. The third-order valence-electron chi connectivity index (χ3n) is 7.00. The van der Waals surface area contributed by atoms with Crippen LogP contribution in [0.4, 0.5) is 0 Å². The van der Waals surface area contributed by atoms with Crippen molar-refractivity contribution >= 4 is 45.2 Å². The molecule has 2 N–H and O–H groups in total. The molecule has 6 nitrogen and oxygen atoms in total. The summed E-state index contributed by atoms with van der Waals surface area (Å²) in [6.07, 6.45) is 2.26. The Kier molecular flexibility index (Phi) is 6.06. The Balaban J connectivity index is 1.08. The molecular weight excluding hydrogens is 454 g/mol. The molecule has 0 radical (unpaired) electrons. The zero-order chi connectivity index (χ0) is 23.8. The Hall–Kier alpha value is -3.13. The first-order valence-corrected chi connectivity index (χ1v) is 13.1. The van der Waals surface area contributed by atoms with E-state index in [1.165, 1.54) is 5.56 Å². The van der Waals surface area contributed by atoms with Gasteiger partial charge in [-0.25, -0.2) is 4.98 Å². The summed E-state index contributed by atoms with van der Waals surface area (Å²) < 4.78 is 0. The lowest BCUT2D eigenvalue weighted by Crippen LogP contribution is -2.43. The van der Waals surface area contributed by atoms with Gasteiger partial charge in [-0.2, -0.15) is 0 Å². The summed E-state index contributed by atoms with van der Waals surface area (Å²) in [6.45, 7) is 5.38. The number of H-pyrrole nitrogens is 1. The number of pyridine rings is 1. The standard InChI is InChI=1S/C28H29N5OS/c1-32-11-13-33(14-12-32)17-19-4-6-20(7-5-19)26(34)16-27-30-25(18-35-27)21-8-9-24-23(15-21)22-3-2-10-29-28(22)31-24/h2-10,15,18,27,30H,11-14,16-17H2,1H3,(H,29,31). The number of carbonyl (C=O) groups is 1. The predicted octanol–water partition coefficient (Wildman–Crippen LogP) is 4.70. The van der Waals surface area contributed by atoms with Gasteiger partial charge in [-0.1, -0.05) is 30.3 Å². The number of nitrogens with one attached hydrogen (secondary N) is 2. The first kappa shape index (κ1) is 22.3. The van der Waals surface area contributed by atoms with Crippen LogP contribution in [0.2, 0.25) is 0 Å². The third kappa shape index (κ3) is 4.72. The topological polar surface area (TPSA) is 64.3 Å². The number of aromatic amines is 1. The van der Waals surface area contributed by atoms with E-state index in [1.807, 2.05) is 18.2 Å². The molecule has 1 fully saturated rings. The summed E-state index contributed by atoms with van der Waals surface area (Å²) in [5.41, 5.74) is 6.23. The molecular formula is C28H29N5OS. The van der Waals surface area contributed by atoms with Crippen molar-refractivity contribution in [1.29, 1.82) is 0 Å². The lowest BCUT2D eigenvalue weighted by Gasteiger charge is -2.32. The van der Waals surface area contributed by atoms with Gasteiger partial charge in [0, 0.05) is 72.9 Å². The zero-order valence-electron chi connectivity index (χ0n) is 19.8. The van der Waals surface area contributed by atoms with E-state index >= 15 is 0 Å². The number of Topliss-reactive ketones (excluding diaryl/α,β-unsaturated/α-hetero) is 1. The highest BCUT2D eigenvalue weighted by Crippen LogP contribution is 2.32. The highest BCUT2D eigenvalue weighted by Gasteiger charge is 2.22. The summed E-state index contributed by atoms with van der Waals surface area (Å²) in [6, 6.07) is 18.6. The van der Waals surface area contributed by atoms with Gasteiger partial charge >= 0.3 is 0 Å². The van der Waals surface area contributed by atoms with E-state index in [1.54, 1.807) is 18.0 Å². The molecule has 1 unspecified atom stereocenters. The molecule has 0 bridgehead atoms. The fourth-order valence-corrected chi connectivity index (χ4v) is 5.83. The molecule has 35 heavy (non-hydrogen) atoms. The van der Waals surface area contributed by atoms with E-state index in [2.05, 4.69) is 73.9 Å². The van der Waals surface area contributed by atoms with Crippen LogP contribution in [-0.2, 0) is 6.54 Å². The highest BCUT2D eigenvalue weighted by atomic mass is 32.2. The first-order valence-electron chi connectivity index (χ1n) is 12.1. The second-order valence-corrected chi connectivity index (χ2v) is 10.6. The number of piperazine rings is 1. The SMILES string of the molecule is CN1CCN(Cc2ccc(C(=O)CC3NC(c4ccc5[nH]c6ncccc6c5c4)=CS3)cc2)CC1. The van der Waals surface area contributed by atoms with Crippen molar-refractivity contribution in [3.8, 4) is 0 Å². The Morgan fingerprint density at radius 3 is 2.71 bits per heavy atom. The minimum atomic E-state index is 0.0443. The van der Waals surface area contributed by atoms with Crippen LogP contribution in [0.1, 0.15) is 27.9 Å². The van der Waals surface area contributed by atoms with Gasteiger partial charge in [0.2, 0.25) is 0 Å². The second-order valence-electron chi connectivity index (χ2n) is 9.49. The normalized spacial score (nSPS) is 19.2. The molecule has 0 spiro atoms.